The summed E-state index contributed by atoms with van der Waals surface area (Å²) in [4.78, 5) is 40.2. The number of esters is 2. The van der Waals surface area contributed by atoms with Gasteiger partial charge in [-0.25, -0.2) is 9.59 Å². The maximum Gasteiger partial charge on any atom is 0.341 e. The van der Waals surface area contributed by atoms with Gasteiger partial charge in [-0.05, 0) is 37.3 Å². The van der Waals surface area contributed by atoms with E-state index in [1.807, 2.05) is 0 Å². The molecule has 0 aliphatic heterocycles. The Balaban J connectivity index is 2.11. The van der Waals surface area contributed by atoms with Gasteiger partial charge in [0.05, 0.1) is 30.5 Å². The normalized spacial score (nSPS) is 10.4. The standard InChI is InChI=1S/C22H21N3O5/c1-4-30-22(28)18-12-23-19-16(6-5-7-17(19)21(27)29-3)20(18)25-15-10-8-14(9-11-15)24-13(2)26/h5-12H,4H2,1-3H3,(H,23,25)(H,24,26). The first-order chi connectivity index (χ1) is 14.4. The number of methoxy groups -OCH3 is 1. The van der Waals surface area contributed by atoms with Gasteiger partial charge in [-0.2, -0.15) is 0 Å². The third kappa shape index (κ3) is 4.38. The number of aromatic nitrogens is 1. The van der Waals surface area contributed by atoms with Gasteiger partial charge in [0.15, 0.2) is 0 Å². The molecule has 0 unspecified atom stereocenters. The average molecular weight is 407 g/mol. The lowest BCUT2D eigenvalue weighted by Crippen LogP contribution is -2.11. The van der Waals surface area contributed by atoms with Crippen molar-refractivity contribution in [1.29, 1.82) is 0 Å². The summed E-state index contributed by atoms with van der Waals surface area (Å²) in [5.41, 5.74) is 2.69. The number of rotatable bonds is 6. The molecule has 154 valence electrons. The second kappa shape index (κ2) is 9.04. The van der Waals surface area contributed by atoms with E-state index >= 15 is 0 Å². The molecule has 0 spiro atoms. The van der Waals surface area contributed by atoms with E-state index in [0.717, 1.165) is 0 Å². The minimum Gasteiger partial charge on any atom is -0.465 e. The Hall–Kier alpha value is -3.94. The second-order valence-electron chi connectivity index (χ2n) is 6.34. The summed E-state index contributed by atoms with van der Waals surface area (Å²) >= 11 is 0. The Labute approximate surface area is 173 Å². The molecule has 0 saturated heterocycles. The number of hydrogen-bond donors (Lipinski definition) is 2. The number of hydrogen-bond acceptors (Lipinski definition) is 7. The number of para-hydroxylation sites is 1. The van der Waals surface area contributed by atoms with Crippen molar-refractivity contribution < 1.29 is 23.9 Å². The van der Waals surface area contributed by atoms with Crippen molar-refractivity contribution in [2.75, 3.05) is 24.4 Å². The molecule has 0 fully saturated rings. The number of nitrogens with one attached hydrogen (secondary N) is 2. The molecule has 0 aliphatic carbocycles. The number of amides is 1. The smallest absolute Gasteiger partial charge is 0.341 e. The van der Waals surface area contributed by atoms with E-state index in [-0.39, 0.29) is 23.6 Å². The van der Waals surface area contributed by atoms with Crippen LogP contribution in [0.1, 0.15) is 34.6 Å². The van der Waals surface area contributed by atoms with Crippen molar-refractivity contribution in [3.05, 3.63) is 59.8 Å². The molecule has 30 heavy (non-hydrogen) atoms. The van der Waals surface area contributed by atoms with Gasteiger partial charge in [0.2, 0.25) is 5.91 Å². The molecule has 0 radical (unpaired) electrons. The summed E-state index contributed by atoms with van der Waals surface area (Å²) in [6, 6.07) is 12.0. The number of anilines is 3. The second-order valence-corrected chi connectivity index (χ2v) is 6.34. The summed E-state index contributed by atoms with van der Waals surface area (Å²) in [5, 5.41) is 6.47. The zero-order valence-corrected chi connectivity index (χ0v) is 16.8. The molecule has 0 saturated carbocycles. The highest BCUT2D eigenvalue weighted by molar-refractivity contribution is 6.11. The van der Waals surface area contributed by atoms with Crippen molar-refractivity contribution in [1.82, 2.24) is 4.98 Å². The largest absolute Gasteiger partial charge is 0.465 e. The summed E-state index contributed by atoms with van der Waals surface area (Å²) in [7, 11) is 1.30. The van der Waals surface area contributed by atoms with Gasteiger partial charge < -0.3 is 20.1 Å². The lowest BCUT2D eigenvalue weighted by atomic mass is 10.0. The molecule has 0 atom stereocenters. The van der Waals surface area contributed by atoms with Crippen molar-refractivity contribution >= 4 is 45.8 Å². The molecule has 1 amide bonds. The van der Waals surface area contributed by atoms with Gasteiger partial charge >= 0.3 is 11.9 Å². The number of carbonyl (C=O) groups excluding carboxylic acids is 3. The predicted octanol–water partition coefficient (Wildman–Crippen LogP) is 3.90. The number of benzene rings is 2. The maximum atomic E-state index is 12.5. The van der Waals surface area contributed by atoms with E-state index in [4.69, 9.17) is 9.47 Å². The highest BCUT2D eigenvalue weighted by Crippen LogP contribution is 2.32. The maximum absolute atomic E-state index is 12.5. The van der Waals surface area contributed by atoms with Crippen molar-refractivity contribution in [3.8, 4) is 0 Å². The van der Waals surface area contributed by atoms with E-state index in [1.54, 1.807) is 49.4 Å². The molecule has 8 nitrogen and oxygen atoms in total. The minimum absolute atomic E-state index is 0.171. The Morgan fingerprint density at radius 3 is 2.30 bits per heavy atom. The summed E-state index contributed by atoms with van der Waals surface area (Å²) in [6.45, 7) is 3.36. The Morgan fingerprint density at radius 2 is 1.67 bits per heavy atom. The Morgan fingerprint density at radius 1 is 0.967 bits per heavy atom. The van der Waals surface area contributed by atoms with Crippen LogP contribution in [0.4, 0.5) is 17.1 Å². The summed E-state index contributed by atoms with van der Waals surface area (Å²) in [5.74, 6) is -1.23. The lowest BCUT2D eigenvalue weighted by Gasteiger charge is -2.15. The summed E-state index contributed by atoms with van der Waals surface area (Å²) in [6.07, 6.45) is 1.38. The minimum atomic E-state index is -0.535. The van der Waals surface area contributed by atoms with Crippen LogP contribution in [0.25, 0.3) is 10.9 Å². The topological polar surface area (TPSA) is 107 Å². The van der Waals surface area contributed by atoms with Crippen molar-refractivity contribution in [2.24, 2.45) is 0 Å². The molecule has 1 aromatic heterocycles. The first kappa shape index (κ1) is 20.8. The molecule has 3 aromatic rings. The van der Waals surface area contributed by atoms with Crippen LogP contribution in [0.15, 0.2) is 48.7 Å². The fraction of sp³-hybridized carbons (Fsp3) is 0.182. The highest BCUT2D eigenvalue weighted by atomic mass is 16.5. The van der Waals surface area contributed by atoms with Crippen LogP contribution >= 0.6 is 0 Å². The molecule has 3 rings (SSSR count). The van der Waals surface area contributed by atoms with Gasteiger partial charge in [-0.15, -0.1) is 0 Å². The third-order valence-corrected chi connectivity index (χ3v) is 4.27. The number of pyridine rings is 1. The number of ether oxygens (including phenoxy) is 2. The molecule has 0 bridgehead atoms. The van der Waals surface area contributed by atoms with E-state index in [9.17, 15) is 14.4 Å². The SMILES string of the molecule is CCOC(=O)c1cnc2c(C(=O)OC)cccc2c1Nc1ccc(NC(C)=O)cc1. The Bertz CT molecular complexity index is 1110. The van der Waals surface area contributed by atoms with Crippen LogP contribution in [0.5, 0.6) is 0 Å². The fourth-order valence-electron chi connectivity index (χ4n) is 2.98. The first-order valence-electron chi connectivity index (χ1n) is 9.26. The van der Waals surface area contributed by atoms with Crippen molar-refractivity contribution in [3.63, 3.8) is 0 Å². The van der Waals surface area contributed by atoms with Crippen molar-refractivity contribution in [2.45, 2.75) is 13.8 Å². The van der Waals surface area contributed by atoms with Gasteiger partial charge in [0, 0.05) is 29.9 Å². The molecular formula is C22H21N3O5. The van der Waals surface area contributed by atoms with Crippen LogP contribution in [0, 0.1) is 0 Å². The zero-order valence-electron chi connectivity index (χ0n) is 16.8. The van der Waals surface area contributed by atoms with Crippen LogP contribution in [-0.2, 0) is 14.3 Å². The van der Waals surface area contributed by atoms with E-state index in [0.29, 0.717) is 28.0 Å². The van der Waals surface area contributed by atoms with Crippen LogP contribution < -0.4 is 10.6 Å². The highest BCUT2D eigenvalue weighted by Gasteiger charge is 2.20. The van der Waals surface area contributed by atoms with Gasteiger partial charge in [-0.1, -0.05) is 12.1 Å². The van der Waals surface area contributed by atoms with Crippen LogP contribution in [0.2, 0.25) is 0 Å². The molecule has 0 aliphatic rings. The number of carbonyl (C=O) groups is 3. The zero-order chi connectivity index (χ0) is 21.7. The van der Waals surface area contributed by atoms with Crippen LogP contribution in [0.3, 0.4) is 0 Å². The first-order valence-corrected chi connectivity index (χ1v) is 9.26. The Kier molecular flexibility index (Phi) is 6.26. The third-order valence-electron chi connectivity index (χ3n) is 4.27. The van der Waals surface area contributed by atoms with Gasteiger partial charge in [0.1, 0.15) is 5.56 Å². The van der Waals surface area contributed by atoms with E-state index in [2.05, 4.69) is 15.6 Å². The number of fused-ring (bicyclic) bond motifs is 1. The lowest BCUT2D eigenvalue weighted by molar-refractivity contribution is -0.114. The molecule has 2 aromatic carbocycles. The number of nitrogens with zero attached hydrogens (tertiary/aromatic N) is 1. The summed E-state index contributed by atoms with van der Waals surface area (Å²) < 4.78 is 10.00. The molecular weight excluding hydrogens is 386 g/mol. The van der Waals surface area contributed by atoms with Gasteiger partial charge in [0.25, 0.3) is 0 Å². The van der Waals surface area contributed by atoms with E-state index in [1.165, 1.54) is 20.2 Å². The van der Waals surface area contributed by atoms with Crippen LogP contribution in [-0.4, -0.2) is 36.5 Å². The molecule has 1 heterocycles. The fourth-order valence-corrected chi connectivity index (χ4v) is 2.98. The predicted molar refractivity (Wildman–Crippen MR) is 113 cm³/mol. The monoisotopic (exact) mass is 407 g/mol. The van der Waals surface area contributed by atoms with Gasteiger partial charge in [-0.3, -0.25) is 9.78 Å². The molecule has 2 N–H and O–H groups in total. The van der Waals surface area contributed by atoms with E-state index < -0.39 is 11.9 Å². The molecule has 8 heteroatoms. The average Bonchev–Trinajstić information content (AvgIpc) is 2.74. The quantitative estimate of drug-likeness (QED) is 0.597.